The predicted molar refractivity (Wildman–Crippen MR) is 141 cm³/mol. The zero-order valence-electron chi connectivity index (χ0n) is 21.5. The molecule has 36 heavy (non-hydrogen) atoms. The van der Waals surface area contributed by atoms with Crippen molar-refractivity contribution >= 4 is 21.7 Å². The molecule has 2 heterocycles. The molecule has 2 amide bonds. The molecule has 1 atom stereocenters. The molecule has 0 aliphatic carbocycles. The third-order valence-electron chi connectivity index (χ3n) is 7.46. The molecule has 0 bridgehead atoms. The molecule has 7 nitrogen and oxygen atoms in total. The van der Waals surface area contributed by atoms with Crippen molar-refractivity contribution in [3.05, 3.63) is 70.3 Å². The maximum Gasteiger partial charge on any atom is 0.255 e. The lowest BCUT2D eigenvalue weighted by Crippen LogP contribution is -2.49. The summed E-state index contributed by atoms with van der Waals surface area (Å²) in [4.78, 5) is 30.2. The number of nitrogens with zero attached hydrogens (tertiary/aromatic N) is 2. The number of hydrogen-bond donors (Lipinski definition) is 1. The third-order valence-corrected chi connectivity index (χ3v) is 8.44. The smallest absolute Gasteiger partial charge is 0.255 e. The van der Waals surface area contributed by atoms with Gasteiger partial charge in [0.1, 0.15) is 15.9 Å². The molecule has 2 aliphatic heterocycles. The number of likely N-dealkylation sites (tertiary alicyclic amines) is 1. The Morgan fingerprint density at radius 1 is 1.11 bits per heavy atom. The maximum absolute atomic E-state index is 13.3. The number of rotatable bonds is 9. The number of carbonyl (C=O) groups excluding carboxylic acids is 2. The zero-order chi connectivity index (χ0) is 25.9. The summed E-state index contributed by atoms with van der Waals surface area (Å²) in [7, 11) is -3.26. The lowest BCUT2D eigenvalue weighted by molar-refractivity contribution is -0.126. The largest absolute Gasteiger partial charge is 0.354 e. The molecule has 4 rings (SSSR count). The first-order valence-corrected chi connectivity index (χ1v) is 14.8. The summed E-state index contributed by atoms with van der Waals surface area (Å²) in [6, 6.07) is 13.1. The first-order chi connectivity index (χ1) is 17.1. The Hall–Kier alpha value is -2.71. The summed E-state index contributed by atoms with van der Waals surface area (Å²) in [5.74, 6) is -0.246. The van der Waals surface area contributed by atoms with Crippen molar-refractivity contribution in [1.29, 1.82) is 0 Å². The minimum Gasteiger partial charge on any atom is -0.354 e. The van der Waals surface area contributed by atoms with Crippen molar-refractivity contribution in [1.82, 2.24) is 15.1 Å². The van der Waals surface area contributed by atoms with Gasteiger partial charge in [0.15, 0.2) is 0 Å². The minimum atomic E-state index is -3.26. The number of benzene rings is 2. The highest BCUT2D eigenvalue weighted by molar-refractivity contribution is 7.90. The van der Waals surface area contributed by atoms with Crippen LogP contribution in [0.25, 0.3) is 0 Å². The van der Waals surface area contributed by atoms with Gasteiger partial charge in [-0.2, -0.15) is 0 Å². The molecule has 2 aliphatic rings. The number of sulfone groups is 1. The second-order valence-corrected chi connectivity index (χ2v) is 12.7. The number of carbonyl (C=O) groups is 2. The van der Waals surface area contributed by atoms with Gasteiger partial charge >= 0.3 is 0 Å². The summed E-state index contributed by atoms with van der Waals surface area (Å²) in [5.41, 5.74) is 5.42. The van der Waals surface area contributed by atoms with E-state index >= 15 is 0 Å². The highest BCUT2D eigenvalue weighted by Crippen LogP contribution is 2.26. The Kier molecular flexibility index (Phi) is 8.15. The van der Waals surface area contributed by atoms with Crippen LogP contribution < -0.4 is 5.32 Å². The maximum atomic E-state index is 13.3. The molecule has 0 unspecified atom stereocenters. The van der Waals surface area contributed by atoms with Gasteiger partial charge in [-0.25, -0.2) is 8.42 Å². The van der Waals surface area contributed by atoms with Crippen molar-refractivity contribution in [3.63, 3.8) is 0 Å². The van der Waals surface area contributed by atoms with Gasteiger partial charge in [0.2, 0.25) is 5.91 Å². The summed E-state index contributed by atoms with van der Waals surface area (Å²) >= 11 is 0. The van der Waals surface area contributed by atoms with Crippen molar-refractivity contribution in [2.75, 3.05) is 31.6 Å². The van der Waals surface area contributed by atoms with Gasteiger partial charge in [-0.15, -0.1) is 0 Å². The van der Waals surface area contributed by atoms with E-state index in [9.17, 15) is 18.0 Å². The average molecular weight is 512 g/mol. The Morgan fingerprint density at radius 2 is 1.83 bits per heavy atom. The van der Waals surface area contributed by atoms with E-state index in [0.717, 1.165) is 44.3 Å². The van der Waals surface area contributed by atoms with Crippen LogP contribution >= 0.6 is 0 Å². The first kappa shape index (κ1) is 26.4. The summed E-state index contributed by atoms with van der Waals surface area (Å²) < 4.78 is 23.7. The van der Waals surface area contributed by atoms with Gasteiger partial charge in [0.05, 0.1) is 5.75 Å². The van der Waals surface area contributed by atoms with Gasteiger partial charge in [0.25, 0.3) is 5.91 Å². The van der Waals surface area contributed by atoms with E-state index in [1.54, 1.807) is 12.1 Å². The Balaban J connectivity index is 1.33. The number of nitrogens with one attached hydrogen (secondary N) is 1. The summed E-state index contributed by atoms with van der Waals surface area (Å²) in [6.45, 7) is 8.04. The molecule has 8 heteroatoms. The number of piperidine rings is 1. The highest BCUT2D eigenvalue weighted by atomic mass is 32.2. The molecule has 0 spiro atoms. The molecular weight excluding hydrogens is 474 g/mol. The van der Waals surface area contributed by atoms with Crippen LogP contribution in [0.5, 0.6) is 0 Å². The standard InChI is InChI=1S/C28H37N3O4S/c1-20-8-9-21(2)24(16-20)18-30-13-10-22(11-14-30)17-29-27(32)26(12-15-36(3,34)35)31-19-23-6-4-5-7-25(23)28(31)33/h4-9,16,22,26H,10-15,17-19H2,1-3H3,(H,29,32)/t26-/m0/s1. The average Bonchev–Trinajstić information content (AvgIpc) is 3.16. The number of aryl methyl sites for hydroxylation is 2. The van der Waals surface area contributed by atoms with E-state index in [2.05, 4.69) is 42.3 Å². The summed E-state index contributed by atoms with van der Waals surface area (Å²) in [5, 5.41) is 3.05. The Morgan fingerprint density at radius 3 is 2.53 bits per heavy atom. The fourth-order valence-electron chi connectivity index (χ4n) is 5.21. The van der Waals surface area contributed by atoms with E-state index in [1.165, 1.54) is 21.6 Å². The van der Waals surface area contributed by atoms with Crippen LogP contribution in [0, 0.1) is 19.8 Å². The van der Waals surface area contributed by atoms with E-state index in [0.29, 0.717) is 24.6 Å². The van der Waals surface area contributed by atoms with Gasteiger partial charge < -0.3 is 10.2 Å². The molecule has 194 valence electrons. The van der Waals surface area contributed by atoms with Crippen molar-refractivity contribution in [3.8, 4) is 0 Å². The fraction of sp³-hybridized carbons (Fsp3) is 0.500. The molecule has 0 saturated carbocycles. The van der Waals surface area contributed by atoms with Crippen LogP contribution in [0.15, 0.2) is 42.5 Å². The van der Waals surface area contributed by atoms with Crippen molar-refractivity contribution < 1.29 is 18.0 Å². The first-order valence-electron chi connectivity index (χ1n) is 12.7. The minimum absolute atomic E-state index is 0.0959. The van der Waals surface area contributed by atoms with Crippen LogP contribution in [0.1, 0.15) is 51.9 Å². The van der Waals surface area contributed by atoms with Gasteiger partial charge in [-0.1, -0.05) is 42.0 Å². The summed E-state index contributed by atoms with van der Waals surface area (Å²) in [6.07, 6.45) is 3.24. The normalized spacial score (nSPS) is 17.8. The van der Waals surface area contributed by atoms with Crippen LogP contribution in [-0.4, -0.2) is 67.7 Å². The third kappa shape index (κ3) is 6.53. The van der Waals surface area contributed by atoms with Crippen molar-refractivity contribution in [2.45, 2.75) is 52.2 Å². The molecule has 0 aromatic heterocycles. The van der Waals surface area contributed by atoms with Crippen LogP contribution in [0.4, 0.5) is 0 Å². The Bertz CT molecular complexity index is 1220. The monoisotopic (exact) mass is 511 g/mol. The lowest BCUT2D eigenvalue weighted by Gasteiger charge is -2.33. The molecule has 2 aromatic rings. The second kappa shape index (κ2) is 11.1. The molecule has 1 fully saturated rings. The quantitative estimate of drug-likeness (QED) is 0.559. The van der Waals surface area contributed by atoms with E-state index < -0.39 is 15.9 Å². The zero-order valence-corrected chi connectivity index (χ0v) is 22.3. The predicted octanol–water partition coefficient (Wildman–Crippen LogP) is 3.09. The van der Waals surface area contributed by atoms with E-state index in [-0.39, 0.29) is 24.0 Å². The molecule has 0 radical (unpaired) electrons. The molecular formula is C28H37N3O4S. The number of fused-ring (bicyclic) bond motifs is 1. The molecule has 1 saturated heterocycles. The van der Waals surface area contributed by atoms with Gasteiger partial charge in [0, 0.05) is 31.5 Å². The van der Waals surface area contributed by atoms with Gasteiger partial charge in [-0.3, -0.25) is 14.5 Å². The topological polar surface area (TPSA) is 86.8 Å². The van der Waals surface area contributed by atoms with Crippen LogP contribution in [0.3, 0.4) is 0 Å². The van der Waals surface area contributed by atoms with Crippen molar-refractivity contribution in [2.24, 2.45) is 5.92 Å². The number of hydrogen-bond acceptors (Lipinski definition) is 5. The van der Waals surface area contributed by atoms with E-state index in [4.69, 9.17) is 0 Å². The van der Waals surface area contributed by atoms with E-state index in [1.807, 2.05) is 12.1 Å². The van der Waals surface area contributed by atoms with Crippen LogP contribution in [0.2, 0.25) is 0 Å². The second-order valence-electron chi connectivity index (χ2n) is 10.4. The van der Waals surface area contributed by atoms with Gasteiger partial charge in [-0.05, 0) is 74.9 Å². The highest BCUT2D eigenvalue weighted by Gasteiger charge is 2.36. The number of amides is 2. The SMILES string of the molecule is Cc1ccc(C)c(CN2CCC(CNC(=O)[C@H](CCS(C)(=O)=O)N3Cc4ccccc4C3=O)CC2)c1. The Labute approximate surface area is 214 Å². The fourth-order valence-corrected chi connectivity index (χ4v) is 5.86. The lowest BCUT2D eigenvalue weighted by atomic mass is 9.95. The molecule has 2 aromatic carbocycles. The molecule has 1 N–H and O–H groups in total. The van der Waals surface area contributed by atoms with Crippen LogP contribution in [-0.2, 0) is 27.7 Å².